The van der Waals surface area contributed by atoms with Crippen LogP contribution in [0, 0.1) is 5.92 Å². The zero-order valence-corrected chi connectivity index (χ0v) is 14.8. The minimum Gasteiger partial charge on any atom is -0.353 e. The van der Waals surface area contributed by atoms with Gasteiger partial charge in [-0.1, -0.05) is 44.2 Å². The highest BCUT2D eigenvalue weighted by molar-refractivity contribution is 5.94. The van der Waals surface area contributed by atoms with E-state index in [1.165, 1.54) is 5.56 Å². The Kier molecular flexibility index (Phi) is 6.79. The number of carbonyl (C=O) groups is 1. The summed E-state index contributed by atoms with van der Waals surface area (Å²) in [7, 11) is 0. The fourth-order valence-electron chi connectivity index (χ4n) is 2.44. The van der Waals surface area contributed by atoms with Crippen molar-refractivity contribution in [3.8, 4) is 0 Å². The fourth-order valence-corrected chi connectivity index (χ4v) is 2.44. The predicted molar refractivity (Wildman–Crippen MR) is 99.2 cm³/mol. The number of anilines is 1. The second-order valence-electron chi connectivity index (χ2n) is 6.34. The van der Waals surface area contributed by atoms with E-state index in [2.05, 4.69) is 48.1 Å². The number of amides is 1. The minimum atomic E-state index is -0.0548. The van der Waals surface area contributed by atoms with Gasteiger partial charge >= 0.3 is 0 Å². The molecule has 1 heterocycles. The second-order valence-corrected chi connectivity index (χ2v) is 6.34. The molecule has 1 aromatic carbocycles. The molecule has 0 radical (unpaired) electrons. The molecule has 1 N–H and O–H groups in total. The SMILES string of the molecule is CCN(Cc1ccccc1)c1ccc(C(=O)NCCC(C)C)cn1. The van der Waals surface area contributed by atoms with E-state index in [1.807, 2.05) is 30.3 Å². The monoisotopic (exact) mass is 325 g/mol. The van der Waals surface area contributed by atoms with E-state index in [-0.39, 0.29) is 5.91 Å². The summed E-state index contributed by atoms with van der Waals surface area (Å²) in [6, 6.07) is 14.1. The van der Waals surface area contributed by atoms with E-state index in [0.29, 0.717) is 18.0 Å². The first-order chi connectivity index (χ1) is 11.6. The van der Waals surface area contributed by atoms with Crippen molar-refractivity contribution in [3.63, 3.8) is 0 Å². The van der Waals surface area contributed by atoms with E-state index in [0.717, 1.165) is 25.3 Å². The summed E-state index contributed by atoms with van der Waals surface area (Å²) in [5.74, 6) is 1.42. The zero-order chi connectivity index (χ0) is 17.4. The maximum absolute atomic E-state index is 12.1. The van der Waals surface area contributed by atoms with Gasteiger partial charge in [0.1, 0.15) is 5.82 Å². The fraction of sp³-hybridized carbons (Fsp3) is 0.400. The van der Waals surface area contributed by atoms with Crippen LogP contribution >= 0.6 is 0 Å². The molecule has 0 fully saturated rings. The molecule has 0 aliphatic heterocycles. The molecule has 0 unspecified atom stereocenters. The van der Waals surface area contributed by atoms with Crippen molar-refractivity contribution in [2.45, 2.75) is 33.7 Å². The van der Waals surface area contributed by atoms with Crippen LogP contribution in [-0.2, 0) is 6.54 Å². The Hall–Kier alpha value is -2.36. The Morgan fingerprint density at radius 2 is 1.92 bits per heavy atom. The van der Waals surface area contributed by atoms with Crippen LogP contribution in [0.5, 0.6) is 0 Å². The molecule has 0 aliphatic rings. The third-order valence-electron chi connectivity index (χ3n) is 3.94. The number of aromatic nitrogens is 1. The van der Waals surface area contributed by atoms with E-state index in [4.69, 9.17) is 0 Å². The lowest BCUT2D eigenvalue weighted by atomic mass is 10.1. The molecule has 0 saturated carbocycles. The summed E-state index contributed by atoms with van der Waals surface area (Å²) in [5.41, 5.74) is 1.86. The summed E-state index contributed by atoms with van der Waals surface area (Å²) < 4.78 is 0. The largest absolute Gasteiger partial charge is 0.353 e. The van der Waals surface area contributed by atoms with Gasteiger partial charge in [-0.15, -0.1) is 0 Å². The average Bonchev–Trinajstić information content (AvgIpc) is 2.60. The Balaban J connectivity index is 1.97. The van der Waals surface area contributed by atoms with Gasteiger partial charge in [0.15, 0.2) is 0 Å². The van der Waals surface area contributed by atoms with Crippen molar-refractivity contribution in [2.75, 3.05) is 18.0 Å². The standard InChI is InChI=1S/C20H27N3O/c1-4-23(15-17-8-6-5-7-9-17)19-11-10-18(14-22-19)20(24)21-13-12-16(2)3/h5-11,14,16H,4,12-13,15H2,1-3H3,(H,21,24). The molecular formula is C20H27N3O. The zero-order valence-electron chi connectivity index (χ0n) is 14.8. The van der Waals surface area contributed by atoms with Gasteiger partial charge in [0.25, 0.3) is 5.91 Å². The highest BCUT2D eigenvalue weighted by Crippen LogP contribution is 2.15. The van der Waals surface area contributed by atoms with Crippen LogP contribution in [-0.4, -0.2) is 24.0 Å². The number of rotatable bonds is 8. The van der Waals surface area contributed by atoms with Crippen LogP contribution in [0.15, 0.2) is 48.7 Å². The summed E-state index contributed by atoms with van der Waals surface area (Å²) in [4.78, 5) is 18.8. The number of nitrogens with one attached hydrogen (secondary N) is 1. The molecule has 4 nitrogen and oxygen atoms in total. The van der Waals surface area contributed by atoms with E-state index in [9.17, 15) is 4.79 Å². The first kappa shape index (κ1) is 18.0. The number of hydrogen-bond acceptors (Lipinski definition) is 3. The molecule has 24 heavy (non-hydrogen) atoms. The first-order valence-electron chi connectivity index (χ1n) is 8.63. The normalized spacial score (nSPS) is 10.7. The van der Waals surface area contributed by atoms with Gasteiger partial charge in [-0.05, 0) is 37.0 Å². The summed E-state index contributed by atoms with van der Waals surface area (Å²) in [5, 5.41) is 2.94. The lowest BCUT2D eigenvalue weighted by Crippen LogP contribution is -2.26. The summed E-state index contributed by atoms with van der Waals surface area (Å²) in [6.07, 6.45) is 2.64. The number of benzene rings is 1. The van der Waals surface area contributed by atoms with Crippen molar-refractivity contribution in [1.82, 2.24) is 10.3 Å². The predicted octanol–water partition coefficient (Wildman–Crippen LogP) is 3.88. The molecule has 1 aromatic heterocycles. The van der Waals surface area contributed by atoms with Crippen molar-refractivity contribution in [3.05, 3.63) is 59.8 Å². The maximum Gasteiger partial charge on any atom is 0.252 e. The molecule has 0 atom stereocenters. The van der Waals surface area contributed by atoms with Gasteiger partial charge < -0.3 is 10.2 Å². The van der Waals surface area contributed by atoms with Crippen molar-refractivity contribution >= 4 is 11.7 Å². The maximum atomic E-state index is 12.1. The molecular weight excluding hydrogens is 298 g/mol. The van der Waals surface area contributed by atoms with Crippen LogP contribution in [0.4, 0.5) is 5.82 Å². The quantitative estimate of drug-likeness (QED) is 0.801. The topological polar surface area (TPSA) is 45.2 Å². The molecule has 1 amide bonds. The number of hydrogen-bond donors (Lipinski definition) is 1. The van der Waals surface area contributed by atoms with Crippen molar-refractivity contribution in [1.29, 1.82) is 0 Å². The number of pyridine rings is 1. The summed E-state index contributed by atoms with van der Waals surface area (Å²) >= 11 is 0. The number of carbonyl (C=O) groups excluding carboxylic acids is 1. The van der Waals surface area contributed by atoms with Crippen LogP contribution in [0.25, 0.3) is 0 Å². The van der Waals surface area contributed by atoms with E-state index < -0.39 is 0 Å². The Morgan fingerprint density at radius 1 is 1.17 bits per heavy atom. The van der Waals surface area contributed by atoms with Crippen LogP contribution in [0.2, 0.25) is 0 Å². The molecule has 0 bridgehead atoms. The highest BCUT2D eigenvalue weighted by atomic mass is 16.1. The lowest BCUT2D eigenvalue weighted by Gasteiger charge is -2.22. The van der Waals surface area contributed by atoms with E-state index >= 15 is 0 Å². The van der Waals surface area contributed by atoms with Crippen LogP contribution in [0.1, 0.15) is 43.1 Å². The molecule has 2 rings (SSSR count). The van der Waals surface area contributed by atoms with E-state index in [1.54, 1.807) is 6.20 Å². The molecule has 4 heteroatoms. The third kappa shape index (κ3) is 5.37. The third-order valence-corrected chi connectivity index (χ3v) is 3.94. The van der Waals surface area contributed by atoms with Gasteiger partial charge in [0.2, 0.25) is 0 Å². The molecule has 0 aliphatic carbocycles. The molecule has 0 saturated heterocycles. The minimum absolute atomic E-state index is 0.0548. The molecule has 128 valence electrons. The Labute approximate surface area is 144 Å². The van der Waals surface area contributed by atoms with Crippen molar-refractivity contribution in [2.24, 2.45) is 5.92 Å². The van der Waals surface area contributed by atoms with Gasteiger partial charge in [0, 0.05) is 25.8 Å². The van der Waals surface area contributed by atoms with Crippen LogP contribution in [0.3, 0.4) is 0 Å². The molecule has 0 spiro atoms. The van der Waals surface area contributed by atoms with Gasteiger partial charge in [-0.2, -0.15) is 0 Å². The van der Waals surface area contributed by atoms with Gasteiger partial charge in [-0.25, -0.2) is 4.98 Å². The van der Waals surface area contributed by atoms with Crippen LogP contribution < -0.4 is 10.2 Å². The Morgan fingerprint density at radius 3 is 2.50 bits per heavy atom. The second kappa shape index (κ2) is 9.06. The highest BCUT2D eigenvalue weighted by Gasteiger charge is 2.10. The van der Waals surface area contributed by atoms with Gasteiger partial charge in [0.05, 0.1) is 5.56 Å². The summed E-state index contributed by atoms with van der Waals surface area (Å²) in [6.45, 7) is 8.78. The van der Waals surface area contributed by atoms with Gasteiger partial charge in [-0.3, -0.25) is 4.79 Å². The smallest absolute Gasteiger partial charge is 0.252 e. The Bertz CT molecular complexity index is 623. The average molecular weight is 325 g/mol. The first-order valence-corrected chi connectivity index (χ1v) is 8.63. The lowest BCUT2D eigenvalue weighted by molar-refractivity contribution is 0.0951. The number of nitrogens with zero attached hydrogens (tertiary/aromatic N) is 2. The van der Waals surface area contributed by atoms with Crippen molar-refractivity contribution < 1.29 is 4.79 Å². The molecule has 2 aromatic rings.